The minimum absolute atomic E-state index is 0.0682. The maximum Gasteiger partial charge on any atom is 0.343 e. The van der Waals surface area contributed by atoms with E-state index in [0.717, 1.165) is 11.6 Å². The van der Waals surface area contributed by atoms with Crippen molar-refractivity contribution in [1.82, 2.24) is 9.97 Å². The van der Waals surface area contributed by atoms with E-state index < -0.39 is 11.9 Å². The van der Waals surface area contributed by atoms with Gasteiger partial charge in [-0.15, -0.1) is 0 Å². The van der Waals surface area contributed by atoms with Crippen molar-refractivity contribution < 1.29 is 24.5 Å². The van der Waals surface area contributed by atoms with Gasteiger partial charge in [0, 0.05) is 11.8 Å². The quantitative estimate of drug-likeness (QED) is 0.440. The zero-order chi connectivity index (χ0) is 20.1. The van der Waals surface area contributed by atoms with Gasteiger partial charge in [0.05, 0.1) is 17.9 Å². The summed E-state index contributed by atoms with van der Waals surface area (Å²) >= 11 is 0. The first-order chi connectivity index (χ1) is 13.5. The number of hydrogen-bond donors (Lipinski definition) is 3. The van der Waals surface area contributed by atoms with Crippen LogP contribution in [0, 0.1) is 0 Å². The molecule has 3 N–H and O–H groups in total. The van der Waals surface area contributed by atoms with Crippen LogP contribution >= 0.6 is 0 Å². The third kappa shape index (κ3) is 4.07. The van der Waals surface area contributed by atoms with Crippen molar-refractivity contribution in [1.29, 1.82) is 0 Å². The van der Waals surface area contributed by atoms with Gasteiger partial charge in [-0.1, -0.05) is 30.3 Å². The van der Waals surface area contributed by atoms with E-state index in [1.807, 2.05) is 30.3 Å². The predicted octanol–water partition coefficient (Wildman–Crippen LogP) is 3.47. The number of aromatic carboxylic acids is 1. The van der Waals surface area contributed by atoms with Crippen molar-refractivity contribution in [3.8, 4) is 17.1 Å². The number of carbonyl (C=O) groups is 2. The molecule has 2 aromatic carbocycles. The number of benzene rings is 2. The minimum Gasteiger partial charge on any atom is -0.506 e. The van der Waals surface area contributed by atoms with Crippen molar-refractivity contribution in [2.45, 2.75) is 6.92 Å². The van der Waals surface area contributed by atoms with Gasteiger partial charge in [-0.3, -0.25) is 0 Å². The number of phenolic OH excluding ortho intramolecular Hbond substituents is 1. The first-order valence-corrected chi connectivity index (χ1v) is 8.42. The highest BCUT2D eigenvalue weighted by molar-refractivity contribution is 5.96. The van der Waals surface area contributed by atoms with Crippen LogP contribution in [0.2, 0.25) is 0 Å². The molecule has 0 atom stereocenters. The number of ether oxygens (including phenoxy) is 1. The molecule has 0 unspecified atom stereocenters. The summed E-state index contributed by atoms with van der Waals surface area (Å²) in [6.07, 6.45) is 1.35. The van der Waals surface area contributed by atoms with Gasteiger partial charge in [-0.05, 0) is 25.1 Å². The Kier molecular flexibility index (Phi) is 5.50. The second kappa shape index (κ2) is 8.17. The van der Waals surface area contributed by atoms with Crippen LogP contribution in [-0.2, 0) is 4.74 Å². The van der Waals surface area contributed by atoms with Crippen molar-refractivity contribution in [2.75, 3.05) is 11.9 Å². The summed E-state index contributed by atoms with van der Waals surface area (Å²) in [6.45, 7) is 1.86. The van der Waals surface area contributed by atoms with Crippen molar-refractivity contribution in [3.63, 3.8) is 0 Å². The molecular formula is C20H17N3O5. The molecule has 0 aliphatic heterocycles. The van der Waals surface area contributed by atoms with Crippen molar-refractivity contribution >= 4 is 23.4 Å². The fourth-order valence-corrected chi connectivity index (χ4v) is 2.46. The van der Waals surface area contributed by atoms with Crippen molar-refractivity contribution in [2.24, 2.45) is 0 Å². The van der Waals surface area contributed by atoms with Gasteiger partial charge >= 0.3 is 11.9 Å². The first kappa shape index (κ1) is 18.8. The number of esters is 1. The largest absolute Gasteiger partial charge is 0.506 e. The number of carboxylic acid groups (broad SMARTS) is 1. The SMILES string of the molecule is CCOC(=O)c1cnc(-c2ccccc2)nc1Nc1ccc(C(=O)O)cc1O. The summed E-state index contributed by atoms with van der Waals surface area (Å²) < 4.78 is 5.03. The van der Waals surface area contributed by atoms with E-state index in [1.54, 1.807) is 6.92 Å². The van der Waals surface area contributed by atoms with Crippen LogP contribution in [0.5, 0.6) is 5.75 Å². The Morgan fingerprint density at radius 1 is 1.14 bits per heavy atom. The molecule has 0 aliphatic carbocycles. The molecule has 142 valence electrons. The summed E-state index contributed by atoms with van der Waals surface area (Å²) in [5.74, 6) is -1.58. The van der Waals surface area contributed by atoms with Gasteiger partial charge in [-0.2, -0.15) is 0 Å². The van der Waals surface area contributed by atoms with Gasteiger partial charge in [0.25, 0.3) is 0 Å². The lowest BCUT2D eigenvalue weighted by Crippen LogP contribution is -2.11. The van der Waals surface area contributed by atoms with Crippen molar-refractivity contribution in [3.05, 3.63) is 65.9 Å². The van der Waals surface area contributed by atoms with E-state index in [4.69, 9.17) is 9.84 Å². The summed E-state index contributed by atoms with van der Waals surface area (Å²) in [5.41, 5.74) is 0.948. The Hall–Kier alpha value is -3.94. The Labute approximate surface area is 160 Å². The zero-order valence-electron chi connectivity index (χ0n) is 14.9. The fraction of sp³-hybridized carbons (Fsp3) is 0.100. The van der Waals surface area contributed by atoms with E-state index >= 15 is 0 Å². The molecule has 1 heterocycles. The number of anilines is 2. The Morgan fingerprint density at radius 2 is 1.89 bits per heavy atom. The van der Waals surface area contributed by atoms with E-state index in [2.05, 4.69) is 15.3 Å². The molecule has 0 fully saturated rings. The maximum atomic E-state index is 12.2. The molecule has 8 heteroatoms. The summed E-state index contributed by atoms with van der Waals surface area (Å²) in [6, 6.07) is 13.0. The standard InChI is InChI=1S/C20H17N3O5/c1-2-28-20(27)14-11-21-17(12-6-4-3-5-7-12)23-18(14)22-15-9-8-13(19(25)26)10-16(15)24/h3-11,24H,2H2,1H3,(H,25,26)(H,21,22,23). The lowest BCUT2D eigenvalue weighted by molar-refractivity contribution is 0.0526. The van der Waals surface area contributed by atoms with Crippen LogP contribution < -0.4 is 5.32 Å². The highest BCUT2D eigenvalue weighted by Gasteiger charge is 2.18. The summed E-state index contributed by atoms with van der Waals surface area (Å²) in [5, 5.41) is 22.0. The number of hydrogen-bond acceptors (Lipinski definition) is 7. The average Bonchev–Trinajstić information content (AvgIpc) is 2.70. The Morgan fingerprint density at radius 3 is 2.54 bits per heavy atom. The van der Waals surface area contributed by atoms with Crippen LogP contribution in [0.4, 0.5) is 11.5 Å². The predicted molar refractivity (Wildman–Crippen MR) is 102 cm³/mol. The molecule has 0 bridgehead atoms. The number of nitrogens with one attached hydrogen (secondary N) is 1. The number of carboxylic acids is 1. The lowest BCUT2D eigenvalue weighted by Gasteiger charge is -2.13. The van der Waals surface area contributed by atoms with Gasteiger partial charge in [0.2, 0.25) is 0 Å². The van der Waals surface area contributed by atoms with Crippen LogP contribution in [-0.4, -0.2) is 38.7 Å². The number of aromatic nitrogens is 2. The third-order valence-corrected chi connectivity index (χ3v) is 3.81. The molecule has 8 nitrogen and oxygen atoms in total. The van der Waals surface area contributed by atoms with E-state index in [9.17, 15) is 14.7 Å². The molecule has 0 aliphatic rings. The molecule has 0 spiro atoms. The molecule has 0 amide bonds. The normalized spacial score (nSPS) is 10.3. The second-order valence-corrected chi connectivity index (χ2v) is 5.70. The van der Waals surface area contributed by atoms with Gasteiger partial charge < -0.3 is 20.3 Å². The van der Waals surface area contributed by atoms with E-state index in [1.165, 1.54) is 18.3 Å². The zero-order valence-corrected chi connectivity index (χ0v) is 14.9. The third-order valence-electron chi connectivity index (χ3n) is 3.81. The Bertz CT molecular complexity index is 1020. The molecule has 0 saturated heterocycles. The minimum atomic E-state index is -1.16. The monoisotopic (exact) mass is 379 g/mol. The number of carbonyl (C=O) groups excluding carboxylic acids is 1. The van der Waals surface area contributed by atoms with Crippen LogP contribution in [0.1, 0.15) is 27.6 Å². The van der Waals surface area contributed by atoms with Crippen LogP contribution in [0.15, 0.2) is 54.7 Å². The smallest absolute Gasteiger partial charge is 0.343 e. The van der Waals surface area contributed by atoms with Crippen LogP contribution in [0.3, 0.4) is 0 Å². The van der Waals surface area contributed by atoms with Gasteiger partial charge in [-0.25, -0.2) is 19.6 Å². The number of phenols is 1. The molecule has 0 radical (unpaired) electrons. The highest BCUT2D eigenvalue weighted by atomic mass is 16.5. The average molecular weight is 379 g/mol. The van der Waals surface area contributed by atoms with Gasteiger partial charge in [0.1, 0.15) is 17.1 Å². The Balaban J connectivity index is 2.03. The van der Waals surface area contributed by atoms with E-state index in [-0.39, 0.29) is 35.0 Å². The van der Waals surface area contributed by atoms with Gasteiger partial charge in [0.15, 0.2) is 5.82 Å². The molecule has 1 aromatic heterocycles. The molecule has 0 saturated carbocycles. The van der Waals surface area contributed by atoms with Crippen LogP contribution in [0.25, 0.3) is 11.4 Å². The highest BCUT2D eigenvalue weighted by Crippen LogP contribution is 2.29. The first-order valence-electron chi connectivity index (χ1n) is 8.42. The lowest BCUT2D eigenvalue weighted by atomic mass is 10.1. The second-order valence-electron chi connectivity index (χ2n) is 5.70. The topological polar surface area (TPSA) is 122 Å². The number of nitrogens with zero attached hydrogens (tertiary/aromatic N) is 2. The summed E-state index contributed by atoms with van der Waals surface area (Å²) in [7, 11) is 0. The van der Waals surface area contributed by atoms with E-state index in [0.29, 0.717) is 5.82 Å². The molecular weight excluding hydrogens is 362 g/mol. The molecule has 28 heavy (non-hydrogen) atoms. The molecule has 3 rings (SSSR count). The fourth-order valence-electron chi connectivity index (χ4n) is 2.46. The maximum absolute atomic E-state index is 12.2. The summed E-state index contributed by atoms with van der Waals surface area (Å²) in [4.78, 5) is 31.9. The number of aromatic hydroxyl groups is 1. The molecule has 3 aromatic rings. The number of rotatable bonds is 6.